The summed E-state index contributed by atoms with van der Waals surface area (Å²) in [6, 6.07) is 0. The summed E-state index contributed by atoms with van der Waals surface area (Å²) < 4.78 is 16.9. The van der Waals surface area contributed by atoms with Crippen molar-refractivity contribution in [2.24, 2.45) is 0 Å². The van der Waals surface area contributed by atoms with Gasteiger partial charge in [0.2, 0.25) is 0 Å². The van der Waals surface area contributed by atoms with Crippen LogP contribution in [-0.4, -0.2) is 37.2 Å². The first-order valence-electron chi connectivity index (χ1n) is 32.1. The largest absolute Gasteiger partial charge is 0.462 e. The third-order valence-electron chi connectivity index (χ3n) is 14.3. The van der Waals surface area contributed by atoms with Crippen molar-refractivity contribution < 1.29 is 28.6 Å². The van der Waals surface area contributed by atoms with Crippen molar-refractivity contribution in [3.05, 3.63) is 48.6 Å². The van der Waals surface area contributed by atoms with Gasteiger partial charge in [-0.1, -0.05) is 268 Å². The van der Waals surface area contributed by atoms with Crippen LogP contribution in [0.5, 0.6) is 0 Å². The molecule has 0 rings (SSSR count). The molecular formula is C67H122O6. The summed E-state index contributed by atoms with van der Waals surface area (Å²) in [5.74, 6) is -0.877. The first kappa shape index (κ1) is 70.4. The Morgan fingerprint density at radius 3 is 0.781 bits per heavy atom. The van der Waals surface area contributed by atoms with E-state index in [2.05, 4.69) is 69.4 Å². The molecule has 1 atom stereocenters. The van der Waals surface area contributed by atoms with Gasteiger partial charge in [0.15, 0.2) is 6.10 Å². The van der Waals surface area contributed by atoms with E-state index in [0.29, 0.717) is 19.3 Å². The van der Waals surface area contributed by atoms with Gasteiger partial charge in [-0.3, -0.25) is 14.4 Å². The lowest BCUT2D eigenvalue weighted by Gasteiger charge is -2.18. The molecule has 0 N–H and O–H groups in total. The second kappa shape index (κ2) is 61.9. The lowest BCUT2D eigenvalue weighted by atomic mass is 10.1. The fourth-order valence-corrected chi connectivity index (χ4v) is 9.41. The Labute approximate surface area is 454 Å². The van der Waals surface area contributed by atoms with Gasteiger partial charge >= 0.3 is 17.9 Å². The van der Waals surface area contributed by atoms with E-state index in [4.69, 9.17) is 14.2 Å². The molecule has 426 valence electrons. The van der Waals surface area contributed by atoms with Crippen LogP contribution in [0.2, 0.25) is 0 Å². The monoisotopic (exact) mass is 1020 g/mol. The van der Waals surface area contributed by atoms with E-state index in [-0.39, 0.29) is 31.1 Å². The minimum Gasteiger partial charge on any atom is -0.462 e. The van der Waals surface area contributed by atoms with Gasteiger partial charge in [0.25, 0.3) is 0 Å². The molecule has 0 spiro atoms. The van der Waals surface area contributed by atoms with Crippen LogP contribution in [0.4, 0.5) is 0 Å². The average Bonchev–Trinajstić information content (AvgIpc) is 3.39. The zero-order valence-corrected chi connectivity index (χ0v) is 48.9. The zero-order valence-electron chi connectivity index (χ0n) is 48.9. The predicted octanol–water partition coefficient (Wildman–Crippen LogP) is 21.8. The normalized spacial score (nSPS) is 12.3. The lowest BCUT2D eigenvalue weighted by Crippen LogP contribution is -2.30. The molecule has 6 nitrogen and oxygen atoms in total. The van der Waals surface area contributed by atoms with E-state index >= 15 is 0 Å². The fraction of sp³-hybridized carbons (Fsp3) is 0.836. The smallest absolute Gasteiger partial charge is 0.306 e. The van der Waals surface area contributed by atoms with Crippen molar-refractivity contribution in [1.29, 1.82) is 0 Å². The van der Waals surface area contributed by atoms with Crippen molar-refractivity contribution in [1.82, 2.24) is 0 Å². The van der Waals surface area contributed by atoms with Crippen LogP contribution < -0.4 is 0 Å². The second-order valence-corrected chi connectivity index (χ2v) is 21.7. The Kier molecular flexibility index (Phi) is 59.7. The Morgan fingerprint density at radius 1 is 0.274 bits per heavy atom. The van der Waals surface area contributed by atoms with Crippen LogP contribution in [0.1, 0.15) is 342 Å². The van der Waals surface area contributed by atoms with Gasteiger partial charge in [-0.2, -0.15) is 0 Å². The summed E-state index contributed by atoms with van der Waals surface area (Å²) in [6.45, 7) is 6.65. The van der Waals surface area contributed by atoms with E-state index in [1.54, 1.807) is 0 Å². The molecule has 1 unspecified atom stereocenters. The zero-order chi connectivity index (χ0) is 52.9. The summed E-state index contributed by atoms with van der Waals surface area (Å²) in [6.07, 6.45) is 76.8. The van der Waals surface area contributed by atoms with Crippen LogP contribution in [0.3, 0.4) is 0 Å². The van der Waals surface area contributed by atoms with Crippen molar-refractivity contribution in [2.45, 2.75) is 348 Å². The molecule has 0 saturated heterocycles. The van der Waals surface area contributed by atoms with E-state index in [1.165, 1.54) is 225 Å². The number of carbonyl (C=O) groups is 3. The number of carbonyl (C=O) groups excluding carboxylic acids is 3. The van der Waals surface area contributed by atoms with Gasteiger partial charge in [-0.25, -0.2) is 0 Å². The maximum atomic E-state index is 12.9. The molecule has 6 heteroatoms. The van der Waals surface area contributed by atoms with Crippen molar-refractivity contribution in [3.63, 3.8) is 0 Å². The Morgan fingerprint density at radius 2 is 0.493 bits per heavy atom. The number of hydrogen-bond donors (Lipinski definition) is 0. The molecule has 0 aliphatic heterocycles. The molecule has 0 aliphatic carbocycles. The average molecular weight is 1020 g/mol. The summed E-state index contributed by atoms with van der Waals surface area (Å²) in [5.41, 5.74) is 0. The molecule has 0 amide bonds. The molecule has 0 radical (unpaired) electrons. The maximum Gasteiger partial charge on any atom is 0.306 e. The van der Waals surface area contributed by atoms with Gasteiger partial charge in [0.05, 0.1) is 0 Å². The standard InChI is InChI=1S/C67H122O6/c1-4-7-10-13-16-19-22-25-28-31-33-34-35-37-39-42-45-48-51-54-57-60-66(69)72-63-64(62-71-65(68)59-56-53-50-47-44-41-38-30-27-24-21-18-15-12-9-6-3)73-67(70)61-58-55-52-49-46-43-40-36-32-29-26-23-20-17-14-11-8-5-2/h20,23,29-33,38,64H,4-19,21-22,24-28,34-37,39-63H2,1-3H3/b23-20-,32-29-,33-31-,38-30-. The Bertz CT molecular complexity index is 1270. The summed E-state index contributed by atoms with van der Waals surface area (Å²) in [4.78, 5) is 38.3. The number of unbranched alkanes of at least 4 members (excludes halogenated alkanes) is 40. The first-order chi connectivity index (χ1) is 36.0. The van der Waals surface area contributed by atoms with Crippen LogP contribution in [0, 0.1) is 0 Å². The van der Waals surface area contributed by atoms with Gasteiger partial charge in [0.1, 0.15) is 13.2 Å². The Hall–Kier alpha value is -2.63. The van der Waals surface area contributed by atoms with Crippen LogP contribution in [0.25, 0.3) is 0 Å². The first-order valence-corrected chi connectivity index (χ1v) is 32.1. The number of hydrogen-bond acceptors (Lipinski definition) is 6. The van der Waals surface area contributed by atoms with Gasteiger partial charge in [0, 0.05) is 19.3 Å². The molecule has 0 fully saturated rings. The molecule has 0 aromatic carbocycles. The highest BCUT2D eigenvalue weighted by molar-refractivity contribution is 5.71. The molecular weight excluding hydrogens is 901 g/mol. The highest BCUT2D eigenvalue weighted by Crippen LogP contribution is 2.16. The van der Waals surface area contributed by atoms with E-state index in [0.717, 1.165) is 77.0 Å². The van der Waals surface area contributed by atoms with Crippen LogP contribution in [-0.2, 0) is 28.6 Å². The quantitative estimate of drug-likeness (QED) is 0.0261. The summed E-state index contributed by atoms with van der Waals surface area (Å²) in [7, 11) is 0. The minimum absolute atomic E-state index is 0.0780. The lowest BCUT2D eigenvalue weighted by molar-refractivity contribution is -0.167. The van der Waals surface area contributed by atoms with E-state index in [9.17, 15) is 14.4 Å². The highest BCUT2D eigenvalue weighted by atomic mass is 16.6. The number of rotatable bonds is 59. The molecule has 0 aromatic rings. The fourth-order valence-electron chi connectivity index (χ4n) is 9.41. The van der Waals surface area contributed by atoms with Crippen molar-refractivity contribution in [3.8, 4) is 0 Å². The maximum absolute atomic E-state index is 12.9. The SMILES string of the molecule is CCCCCC/C=C\C/C=C\CCCCCCCCCC(=O)OC(COC(=O)CCCCCCC/C=C\CCCCCCCCC)COC(=O)CCCCCCCCCCC/C=C\CCCCCCCCCC. The molecule has 0 aromatic heterocycles. The third kappa shape index (κ3) is 60.1. The number of allylic oxidation sites excluding steroid dienone is 8. The molecule has 0 aliphatic rings. The number of ether oxygens (including phenoxy) is 3. The van der Waals surface area contributed by atoms with Crippen LogP contribution in [0.15, 0.2) is 48.6 Å². The predicted molar refractivity (Wildman–Crippen MR) is 316 cm³/mol. The van der Waals surface area contributed by atoms with Crippen LogP contribution >= 0.6 is 0 Å². The number of esters is 3. The molecule has 0 heterocycles. The van der Waals surface area contributed by atoms with Crippen molar-refractivity contribution in [2.75, 3.05) is 13.2 Å². The molecule has 0 bridgehead atoms. The third-order valence-corrected chi connectivity index (χ3v) is 14.3. The Balaban J connectivity index is 4.36. The summed E-state index contributed by atoms with van der Waals surface area (Å²) in [5, 5.41) is 0. The highest BCUT2D eigenvalue weighted by Gasteiger charge is 2.19. The van der Waals surface area contributed by atoms with Gasteiger partial charge < -0.3 is 14.2 Å². The van der Waals surface area contributed by atoms with Gasteiger partial charge in [-0.05, 0) is 103 Å². The summed E-state index contributed by atoms with van der Waals surface area (Å²) >= 11 is 0. The second-order valence-electron chi connectivity index (χ2n) is 21.7. The van der Waals surface area contributed by atoms with E-state index in [1.807, 2.05) is 0 Å². The van der Waals surface area contributed by atoms with Crippen molar-refractivity contribution >= 4 is 17.9 Å². The van der Waals surface area contributed by atoms with Gasteiger partial charge in [-0.15, -0.1) is 0 Å². The van der Waals surface area contributed by atoms with E-state index < -0.39 is 6.10 Å². The topological polar surface area (TPSA) is 78.9 Å². The molecule has 0 saturated carbocycles. The minimum atomic E-state index is -0.782. The molecule has 73 heavy (non-hydrogen) atoms.